The molecule has 4 nitrogen and oxygen atoms in total. The fourth-order valence-corrected chi connectivity index (χ4v) is 4.07. The average molecular weight is 268 g/mol. The molecule has 4 fully saturated rings. The van der Waals surface area contributed by atoms with Crippen LogP contribution in [0.3, 0.4) is 0 Å². The summed E-state index contributed by atoms with van der Waals surface area (Å²) < 4.78 is 24.4. The van der Waals surface area contributed by atoms with Gasteiger partial charge in [0.05, 0.1) is 36.6 Å². The minimum absolute atomic E-state index is 0.219. The van der Waals surface area contributed by atoms with Crippen LogP contribution in [0.5, 0.6) is 0 Å². The van der Waals surface area contributed by atoms with E-state index in [1.54, 1.807) is 0 Å². The molecule has 4 heterocycles. The summed E-state index contributed by atoms with van der Waals surface area (Å²) in [5.74, 6) is 0. The molecule has 108 valence electrons. The third-order valence-corrected chi connectivity index (χ3v) is 5.07. The molecule has 0 amide bonds. The fourth-order valence-electron chi connectivity index (χ4n) is 4.07. The highest BCUT2D eigenvalue weighted by Crippen LogP contribution is 2.37. The van der Waals surface area contributed by atoms with Crippen LogP contribution in [-0.2, 0) is 18.9 Å². The smallest absolute Gasteiger partial charge is 0.0867 e. The standard InChI is InChI=1S/C15H24O4/c1-3-11-10(16-7-1)5-6-13-15(19-11)9-14-12(18-13)4-2-8-17-14/h10-15H,1-9H2/t10-,11+,12-,13+,14+,15-/m0/s1. The van der Waals surface area contributed by atoms with Gasteiger partial charge >= 0.3 is 0 Å². The summed E-state index contributed by atoms with van der Waals surface area (Å²) in [6.07, 6.45) is 9.36. The van der Waals surface area contributed by atoms with Gasteiger partial charge in [0, 0.05) is 19.6 Å². The molecular weight excluding hydrogens is 244 g/mol. The quantitative estimate of drug-likeness (QED) is 0.674. The first kappa shape index (κ1) is 12.6. The summed E-state index contributed by atoms with van der Waals surface area (Å²) in [6.45, 7) is 1.78. The van der Waals surface area contributed by atoms with Gasteiger partial charge in [-0.3, -0.25) is 0 Å². The molecule has 6 atom stereocenters. The molecule has 4 aliphatic rings. The third kappa shape index (κ3) is 2.44. The molecule has 4 heteroatoms. The van der Waals surface area contributed by atoms with Gasteiger partial charge in [-0.15, -0.1) is 0 Å². The van der Waals surface area contributed by atoms with Gasteiger partial charge in [0.15, 0.2) is 0 Å². The molecule has 0 spiro atoms. The van der Waals surface area contributed by atoms with Crippen molar-refractivity contribution in [1.29, 1.82) is 0 Å². The van der Waals surface area contributed by atoms with Gasteiger partial charge in [-0.25, -0.2) is 0 Å². The summed E-state index contributed by atoms with van der Waals surface area (Å²) in [5, 5.41) is 0. The van der Waals surface area contributed by atoms with Gasteiger partial charge in [0.1, 0.15) is 0 Å². The summed E-state index contributed by atoms with van der Waals surface area (Å²) in [5.41, 5.74) is 0. The minimum Gasteiger partial charge on any atom is -0.376 e. The van der Waals surface area contributed by atoms with Crippen molar-refractivity contribution in [3.63, 3.8) is 0 Å². The van der Waals surface area contributed by atoms with E-state index in [-0.39, 0.29) is 24.4 Å². The number of fused-ring (bicyclic) bond motifs is 3. The van der Waals surface area contributed by atoms with Crippen LogP contribution in [0.4, 0.5) is 0 Å². The van der Waals surface area contributed by atoms with E-state index in [0.717, 1.165) is 58.2 Å². The predicted octanol–water partition coefficient (Wildman–Crippen LogP) is 2.05. The molecule has 0 saturated carbocycles. The Morgan fingerprint density at radius 1 is 0.526 bits per heavy atom. The molecule has 0 N–H and O–H groups in total. The van der Waals surface area contributed by atoms with Crippen molar-refractivity contribution in [1.82, 2.24) is 0 Å². The lowest BCUT2D eigenvalue weighted by Crippen LogP contribution is -2.51. The van der Waals surface area contributed by atoms with Crippen molar-refractivity contribution < 1.29 is 18.9 Å². The summed E-state index contributed by atoms with van der Waals surface area (Å²) in [6, 6.07) is 0. The Morgan fingerprint density at radius 2 is 1.11 bits per heavy atom. The zero-order valence-electron chi connectivity index (χ0n) is 11.5. The first-order valence-corrected chi connectivity index (χ1v) is 7.94. The van der Waals surface area contributed by atoms with Crippen LogP contribution in [0, 0.1) is 0 Å². The summed E-state index contributed by atoms with van der Waals surface area (Å²) in [7, 11) is 0. The first-order chi connectivity index (χ1) is 9.40. The average Bonchev–Trinajstić information content (AvgIpc) is 2.63. The third-order valence-electron chi connectivity index (χ3n) is 5.07. The Morgan fingerprint density at radius 3 is 1.95 bits per heavy atom. The van der Waals surface area contributed by atoms with E-state index in [0.29, 0.717) is 12.2 Å². The van der Waals surface area contributed by atoms with Crippen LogP contribution in [0.1, 0.15) is 44.9 Å². The van der Waals surface area contributed by atoms with Gasteiger partial charge in [-0.1, -0.05) is 0 Å². The molecule has 19 heavy (non-hydrogen) atoms. The molecule has 0 aromatic carbocycles. The Bertz CT molecular complexity index is 319. The van der Waals surface area contributed by atoms with E-state index < -0.39 is 0 Å². The maximum Gasteiger partial charge on any atom is 0.0867 e. The van der Waals surface area contributed by atoms with Crippen LogP contribution in [-0.4, -0.2) is 49.8 Å². The van der Waals surface area contributed by atoms with Gasteiger partial charge in [-0.2, -0.15) is 0 Å². The molecular formula is C15H24O4. The minimum atomic E-state index is 0.219. The molecule has 0 unspecified atom stereocenters. The Labute approximate surface area is 114 Å². The SMILES string of the molecule is C1CO[C@@H]2C[C@@H]3O[C@@H]4CCCO[C@H]4CC[C@H]3O[C@H]2C1. The van der Waals surface area contributed by atoms with Gasteiger partial charge in [0.25, 0.3) is 0 Å². The second kappa shape index (κ2) is 5.32. The lowest BCUT2D eigenvalue weighted by Gasteiger charge is -2.43. The summed E-state index contributed by atoms with van der Waals surface area (Å²) >= 11 is 0. The van der Waals surface area contributed by atoms with E-state index in [2.05, 4.69) is 0 Å². The second-order valence-electron chi connectivity index (χ2n) is 6.34. The Kier molecular flexibility index (Phi) is 3.52. The molecule has 0 aliphatic carbocycles. The lowest BCUT2D eigenvalue weighted by atomic mass is 9.92. The van der Waals surface area contributed by atoms with Crippen LogP contribution in [0.15, 0.2) is 0 Å². The van der Waals surface area contributed by atoms with E-state index in [9.17, 15) is 0 Å². The number of ether oxygens (including phenoxy) is 4. The topological polar surface area (TPSA) is 36.9 Å². The van der Waals surface area contributed by atoms with Crippen LogP contribution >= 0.6 is 0 Å². The maximum atomic E-state index is 6.34. The highest BCUT2D eigenvalue weighted by Gasteiger charge is 2.44. The van der Waals surface area contributed by atoms with Crippen molar-refractivity contribution in [2.45, 2.75) is 81.6 Å². The molecule has 4 aliphatic heterocycles. The van der Waals surface area contributed by atoms with Crippen LogP contribution in [0.25, 0.3) is 0 Å². The summed E-state index contributed by atoms with van der Waals surface area (Å²) in [4.78, 5) is 0. The van der Waals surface area contributed by atoms with Gasteiger partial charge in [-0.05, 0) is 38.5 Å². The largest absolute Gasteiger partial charge is 0.376 e. The Balaban J connectivity index is 1.47. The van der Waals surface area contributed by atoms with Crippen LogP contribution < -0.4 is 0 Å². The lowest BCUT2D eigenvalue weighted by molar-refractivity contribution is -0.224. The van der Waals surface area contributed by atoms with Crippen molar-refractivity contribution in [3.8, 4) is 0 Å². The molecule has 0 radical (unpaired) electrons. The van der Waals surface area contributed by atoms with Gasteiger partial charge < -0.3 is 18.9 Å². The highest BCUT2D eigenvalue weighted by atomic mass is 16.6. The predicted molar refractivity (Wildman–Crippen MR) is 69.1 cm³/mol. The number of hydrogen-bond donors (Lipinski definition) is 0. The second-order valence-corrected chi connectivity index (χ2v) is 6.34. The van der Waals surface area contributed by atoms with Gasteiger partial charge in [0.2, 0.25) is 0 Å². The molecule has 4 saturated heterocycles. The van der Waals surface area contributed by atoms with Crippen molar-refractivity contribution in [2.24, 2.45) is 0 Å². The first-order valence-electron chi connectivity index (χ1n) is 7.94. The van der Waals surface area contributed by atoms with E-state index in [4.69, 9.17) is 18.9 Å². The normalized spacial score (nSPS) is 50.5. The van der Waals surface area contributed by atoms with Crippen molar-refractivity contribution in [3.05, 3.63) is 0 Å². The molecule has 4 rings (SSSR count). The number of rotatable bonds is 0. The van der Waals surface area contributed by atoms with Crippen LogP contribution in [0.2, 0.25) is 0 Å². The Hall–Kier alpha value is -0.160. The molecule has 0 bridgehead atoms. The van der Waals surface area contributed by atoms with Crippen molar-refractivity contribution >= 4 is 0 Å². The number of hydrogen-bond acceptors (Lipinski definition) is 4. The maximum absolute atomic E-state index is 6.34. The van der Waals surface area contributed by atoms with Crippen molar-refractivity contribution in [2.75, 3.05) is 13.2 Å². The highest BCUT2D eigenvalue weighted by molar-refractivity contribution is 4.93. The zero-order chi connectivity index (χ0) is 12.7. The fraction of sp³-hybridized carbons (Fsp3) is 1.00. The van der Waals surface area contributed by atoms with E-state index in [1.807, 2.05) is 0 Å². The van der Waals surface area contributed by atoms with E-state index in [1.165, 1.54) is 0 Å². The molecule has 0 aromatic heterocycles. The monoisotopic (exact) mass is 268 g/mol. The molecule has 0 aromatic rings. The van der Waals surface area contributed by atoms with E-state index >= 15 is 0 Å². The zero-order valence-corrected chi connectivity index (χ0v) is 11.5.